The molecule has 0 radical (unpaired) electrons. The predicted molar refractivity (Wildman–Crippen MR) is 67.2 cm³/mol. The number of hydrogen-bond acceptors (Lipinski definition) is 7. The van der Waals surface area contributed by atoms with Gasteiger partial charge in [0.2, 0.25) is 5.82 Å². The number of nitrogens with one attached hydrogen (secondary N) is 1. The number of carboxylic acids is 1. The highest BCUT2D eigenvalue weighted by Gasteiger charge is 2.18. The van der Waals surface area contributed by atoms with E-state index in [1.807, 2.05) is 0 Å². The van der Waals surface area contributed by atoms with Crippen molar-refractivity contribution in [2.24, 2.45) is 0 Å². The monoisotopic (exact) mass is 275 g/mol. The Bertz CT molecular complexity index is 647. The van der Waals surface area contributed by atoms with Gasteiger partial charge in [0.05, 0.1) is 22.7 Å². The molecule has 0 saturated carbocycles. The van der Waals surface area contributed by atoms with E-state index < -0.39 is 16.6 Å². The second-order valence-electron chi connectivity index (χ2n) is 3.72. The summed E-state index contributed by atoms with van der Waals surface area (Å²) in [5.74, 6) is -1.30. The van der Waals surface area contributed by atoms with Crippen molar-refractivity contribution in [3.05, 3.63) is 52.0 Å². The van der Waals surface area contributed by atoms with Gasteiger partial charge >= 0.3 is 11.7 Å². The minimum absolute atomic E-state index is 0.0225. The molecule has 2 aromatic heterocycles. The Labute approximate surface area is 112 Å². The van der Waals surface area contributed by atoms with E-state index in [2.05, 4.69) is 20.5 Å². The van der Waals surface area contributed by atoms with E-state index in [1.165, 1.54) is 6.20 Å². The molecule has 0 saturated heterocycles. The molecule has 2 rings (SSSR count). The molecule has 0 unspecified atom stereocenters. The van der Waals surface area contributed by atoms with Crippen LogP contribution >= 0.6 is 0 Å². The quantitative estimate of drug-likeness (QED) is 0.612. The van der Waals surface area contributed by atoms with Crippen LogP contribution < -0.4 is 5.32 Å². The van der Waals surface area contributed by atoms with Crippen molar-refractivity contribution in [2.75, 3.05) is 5.32 Å². The highest BCUT2D eigenvalue weighted by molar-refractivity contribution is 5.88. The van der Waals surface area contributed by atoms with Gasteiger partial charge in [-0.25, -0.2) is 9.78 Å². The molecule has 0 spiro atoms. The van der Waals surface area contributed by atoms with E-state index in [9.17, 15) is 14.9 Å². The van der Waals surface area contributed by atoms with Crippen LogP contribution in [0.3, 0.4) is 0 Å². The van der Waals surface area contributed by atoms with E-state index in [-0.39, 0.29) is 17.9 Å². The third-order valence-corrected chi connectivity index (χ3v) is 2.38. The summed E-state index contributed by atoms with van der Waals surface area (Å²) in [4.78, 5) is 24.7. The molecule has 0 atom stereocenters. The first kappa shape index (κ1) is 13.3. The third-order valence-electron chi connectivity index (χ3n) is 2.38. The lowest BCUT2D eigenvalue weighted by Crippen LogP contribution is -2.08. The number of pyridine rings is 1. The highest BCUT2D eigenvalue weighted by atomic mass is 16.6. The van der Waals surface area contributed by atoms with Gasteiger partial charge in [0.25, 0.3) is 0 Å². The van der Waals surface area contributed by atoms with Crippen LogP contribution in [0.2, 0.25) is 0 Å². The van der Waals surface area contributed by atoms with E-state index in [0.29, 0.717) is 5.69 Å². The zero-order chi connectivity index (χ0) is 14.5. The number of aromatic carboxylic acids is 1. The maximum atomic E-state index is 10.9. The summed E-state index contributed by atoms with van der Waals surface area (Å²) in [5.41, 5.74) is -0.0820. The van der Waals surface area contributed by atoms with E-state index in [4.69, 9.17) is 5.11 Å². The Morgan fingerprint density at radius 2 is 2.30 bits per heavy atom. The molecule has 2 aromatic rings. The maximum absolute atomic E-state index is 10.9. The molecule has 0 fully saturated rings. The zero-order valence-corrected chi connectivity index (χ0v) is 10.1. The second-order valence-corrected chi connectivity index (χ2v) is 3.72. The molecule has 2 heterocycles. The van der Waals surface area contributed by atoms with Crippen molar-refractivity contribution in [1.29, 1.82) is 0 Å². The molecule has 20 heavy (non-hydrogen) atoms. The standard InChI is InChI=1S/C11H9N5O4/c17-11(18)7-4-9(16(19)20)10(12-5-7)13-6-8-2-1-3-14-15-8/h1-5H,6H2,(H,12,13)(H,17,18). The number of hydrogen-bond donors (Lipinski definition) is 2. The lowest BCUT2D eigenvalue weighted by atomic mass is 10.2. The van der Waals surface area contributed by atoms with Crippen molar-refractivity contribution < 1.29 is 14.8 Å². The van der Waals surface area contributed by atoms with Crippen LogP contribution in [0.15, 0.2) is 30.6 Å². The van der Waals surface area contributed by atoms with Gasteiger partial charge in [-0.2, -0.15) is 10.2 Å². The van der Waals surface area contributed by atoms with E-state index in [0.717, 1.165) is 12.3 Å². The zero-order valence-electron chi connectivity index (χ0n) is 10.1. The molecule has 0 aromatic carbocycles. The van der Waals surface area contributed by atoms with Crippen molar-refractivity contribution >= 4 is 17.5 Å². The smallest absolute Gasteiger partial charge is 0.337 e. The molecule has 9 heteroatoms. The maximum Gasteiger partial charge on any atom is 0.337 e. The van der Waals surface area contributed by atoms with Crippen molar-refractivity contribution in [2.45, 2.75) is 6.54 Å². The fraction of sp³-hybridized carbons (Fsp3) is 0.0909. The Hall–Kier alpha value is -3.10. The van der Waals surface area contributed by atoms with Gasteiger partial charge in [-0.1, -0.05) is 0 Å². The number of carboxylic acid groups (broad SMARTS) is 1. The fourth-order valence-corrected chi connectivity index (χ4v) is 1.45. The number of carbonyl (C=O) groups is 1. The molecule has 0 aliphatic heterocycles. The number of rotatable bonds is 5. The number of nitrogens with zero attached hydrogens (tertiary/aromatic N) is 4. The number of nitro groups is 1. The van der Waals surface area contributed by atoms with Crippen LogP contribution in [0.5, 0.6) is 0 Å². The summed E-state index contributed by atoms with van der Waals surface area (Å²) < 4.78 is 0. The summed E-state index contributed by atoms with van der Waals surface area (Å²) in [5, 5.41) is 29.9. The lowest BCUT2D eigenvalue weighted by Gasteiger charge is -2.05. The molecule has 2 N–H and O–H groups in total. The highest BCUT2D eigenvalue weighted by Crippen LogP contribution is 2.23. The Morgan fingerprint density at radius 3 is 2.90 bits per heavy atom. The normalized spacial score (nSPS) is 10.0. The van der Waals surface area contributed by atoms with Gasteiger partial charge in [-0.3, -0.25) is 10.1 Å². The van der Waals surface area contributed by atoms with Gasteiger partial charge in [-0.15, -0.1) is 0 Å². The van der Waals surface area contributed by atoms with Gasteiger partial charge in [0.15, 0.2) is 0 Å². The first-order chi connectivity index (χ1) is 9.58. The summed E-state index contributed by atoms with van der Waals surface area (Å²) in [6.45, 7) is 0.189. The summed E-state index contributed by atoms with van der Waals surface area (Å²) >= 11 is 0. The van der Waals surface area contributed by atoms with Crippen molar-refractivity contribution in [1.82, 2.24) is 15.2 Å². The van der Waals surface area contributed by atoms with E-state index in [1.54, 1.807) is 12.1 Å². The largest absolute Gasteiger partial charge is 0.478 e. The predicted octanol–water partition coefficient (Wildman–Crippen LogP) is 1.09. The van der Waals surface area contributed by atoms with Crippen LogP contribution in [0, 0.1) is 10.1 Å². The summed E-state index contributed by atoms with van der Waals surface area (Å²) in [7, 11) is 0. The number of anilines is 1. The van der Waals surface area contributed by atoms with Crippen LogP contribution in [0.1, 0.15) is 16.1 Å². The first-order valence-corrected chi connectivity index (χ1v) is 5.46. The van der Waals surface area contributed by atoms with Gasteiger partial charge in [0, 0.05) is 18.5 Å². The number of aromatic nitrogens is 3. The molecule has 0 amide bonds. The fourth-order valence-electron chi connectivity index (χ4n) is 1.45. The van der Waals surface area contributed by atoms with E-state index >= 15 is 0 Å². The first-order valence-electron chi connectivity index (χ1n) is 5.46. The summed E-state index contributed by atoms with van der Waals surface area (Å²) in [6, 6.07) is 4.32. The third kappa shape index (κ3) is 3.02. The summed E-state index contributed by atoms with van der Waals surface area (Å²) in [6.07, 6.45) is 2.56. The molecule has 0 aliphatic carbocycles. The van der Waals surface area contributed by atoms with Crippen LogP contribution in [0.25, 0.3) is 0 Å². The van der Waals surface area contributed by atoms with Crippen LogP contribution in [-0.4, -0.2) is 31.2 Å². The molecule has 102 valence electrons. The molecule has 0 bridgehead atoms. The SMILES string of the molecule is O=C(O)c1cnc(NCc2cccnn2)c([N+](=O)[O-])c1. The lowest BCUT2D eigenvalue weighted by molar-refractivity contribution is -0.384. The van der Waals surface area contributed by atoms with Gasteiger partial charge in [-0.05, 0) is 12.1 Å². The Balaban J connectivity index is 2.23. The minimum Gasteiger partial charge on any atom is -0.478 e. The van der Waals surface area contributed by atoms with Crippen LogP contribution in [-0.2, 0) is 6.54 Å². The minimum atomic E-state index is -1.28. The second kappa shape index (κ2) is 5.69. The van der Waals surface area contributed by atoms with Gasteiger partial charge < -0.3 is 10.4 Å². The molecule has 0 aliphatic rings. The Morgan fingerprint density at radius 1 is 1.50 bits per heavy atom. The average molecular weight is 275 g/mol. The average Bonchev–Trinajstić information content (AvgIpc) is 2.45. The Kier molecular flexibility index (Phi) is 3.80. The molecule has 9 nitrogen and oxygen atoms in total. The molecular weight excluding hydrogens is 266 g/mol. The van der Waals surface area contributed by atoms with Gasteiger partial charge in [0.1, 0.15) is 0 Å². The topological polar surface area (TPSA) is 131 Å². The van der Waals surface area contributed by atoms with Crippen molar-refractivity contribution in [3.8, 4) is 0 Å². The molecular formula is C11H9N5O4. The van der Waals surface area contributed by atoms with Crippen LogP contribution in [0.4, 0.5) is 11.5 Å². The van der Waals surface area contributed by atoms with Crippen molar-refractivity contribution in [3.63, 3.8) is 0 Å².